The highest BCUT2D eigenvalue weighted by molar-refractivity contribution is 7.98. The van der Waals surface area contributed by atoms with Crippen molar-refractivity contribution in [2.24, 2.45) is 0 Å². The molecule has 0 saturated carbocycles. The van der Waals surface area contributed by atoms with Crippen molar-refractivity contribution in [2.75, 3.05) is 23.5 Å². The highest BCUT2D eigenvalue weighted by Crippen LogP contribution is 2.35. The molecule has 0 aliphatic heterocycles. The van der Waals surface area contributed by atoms with E-state index in [4.69, 9.17) is 27.9 Å². The minimum atomic E-state index is -0.409. The van der Waals surface area contributed by atoms with Crippen LogP contribution >= 0.6 is 35.0 Å². The molecule has 6 N–H and O–H groups in total. The van der Waals surface area contributed by atoms with Crippen molar-refractivity contribution >= 4 is 74.4 Å². The van der Waals surface area contributed by atoms with Gasteiger partial charge in [-0.05, 0) is 48.6 Å². The van der Waals surface area contributed by atoms with Crippen LogP contribution in [-0.2, 0) is 17.8 Å². The van der Waals surface area contributed by atoms with Crippen molar-refractivity contribution in [1.29, 1.82) is 0 Å². The van der Waals surface area contributed by atoms with E-state index < -0.39 is 5.97 Å². The number of aromatic nitrogens is 8. The van der Waals surface area contributed by atoms with E-state index in [-0.39, 0.29) is 0 Å². The number of fused-ring (bicyclic) bond motifs is 2. The Morgan fingerprint density at radius 3 is 1.76 bits per heavy atom. The summed E-state index contributed by atoms with van der Waals surface area (Å²) in [6.07, 6.45) is 3.71. The van der Waals surface area contributed by atoms with E-state index in [0.29, 0.717) is 52.1 Å². The number of H-pyrrole nitrogens is 4. The number of aromatic amines is 4. The highest BCUT2D eigenvalue weighted by atomic mass is 35.5. The van der Waals surface area contributed by atoms with E-state index in [9.17, 15) is 4.79 Å². The van der Waals surface area contributed by atoms with Gasteiger partial charge in [-0.2, -0.15) is 10.2 Å². The summed E-state index contributed by atoms with van der Waals surface area (Å²) in [5.74, 6) is 2.53. The number of halogens is 2. The van der Waals surface area contributed by atoms with E-state index in [1.165, 1.54) is 11.8 Å². The number of rotatable bonds is 12. The molecule has 0 aliphatic rings. The van der Waals surface area contributed by atoms with Gasteiger partial charge in [0.2, 0.25) is 0 Å². The number of esters is 1. The van der Waals surface area contributed by atoms with Crippen LogP contribution in [0.25, 0.3) is 55.4 Å². The minimum Gasteiger partial charge on any atom is -0.461 e. The van der Waals surface area contributed by atoms with Gasteiger partial charge in [0, 0.05) is 27.5 Å². The molecule has 5 aromatic carbocycles. The molecule has 59 heavy (non-hydrogen) atoms. The number of imidazole rings is 2. The van der Waals surface area contributed by atoms with Crippen LogP contribution in [0.15, 0.2) is 126 Å². The lowest BCUT2D eigenvalue weighted by molar-refractivity contribution is 0.0515. The van der Waals surface area contributed by atoms with E-state index in [0.717, 1.165) is 67.0 Å². The molecule has 15 heteroatoms. The summed E-state index contributed by atoms with van der Waals surface area (Å²) in [7, 11) is 0. The Bertz CT molecular complexity index is 2840. The lowest BCUT2D eigenvalue weighted by Gasteiger charge is -2.06. The standard InChI is InChI=1S/C23H18ClN5.C21H20ClN5O2S/c24-20-12-21-19(11-18(20)15-7-3-1-4-8-15)23(29-28-21)26-14-17-13-25-22(27-17)16-9-5-2-6-10-16;1-3-29-21(28)18-20(30-2)25-17(24-18)11-23-19-14-9-13(12-7-5-4-6-8-12)15(22)10-16(14)26-27-19/h1-13H,14H2,(H,25,27)(H2,26,28,29);4-10H,3,11H2,1-2H3,(H,24,25)(H2,23,26,27). The van der Waals surface area contributed by atoms with Crippen molar-refractivity contribution in [1.82, 2.24) is 40.3 Å². The molecule has 0 spiro atoms. The van der Waals surface area contributed by atoms with Gasteiger partial charge in [0.1, 0.15) is 16.7 Å². The average Bonchev–Trinajstić information content (AvgIpc) is 4.09. The second-order valence-electron chi connectivity index (χ2n) is 13.3. The van der Waals surface area contributed by atoms with Gasteiger partial charge >= 0.3 is 5.97 Å². The van der Waals surface area contributed by atoms with Gasteiger partial charge in [-0.25, -0.2) is 14.8 Å². The fourth-order valence-corrected chi connectivity index (χ4v) is 7.62. The zero-order valence-electron chi connectivity index (χ0n) is 31.9. The molecule has 0 aliphatic carbocycles. The first-order chi connectivity index (χ1) is 28.9. The highest BCUT2D eigenvalue weighted by Gasteiger charge is 2.19. The maximum atomic E-state index is 12.1. The minimum absolute atomic E-state index is 0.310. The number of carbonyl (C=O) groups excluding carboxylic acids is 1. The number of hydrogen-bond donors (Lipinski definition) is 6. The van der Waals surface area contributed by atoms with Gasteiger partial charge < -0.3 is 25.3 Å². The molecule has 9 rings (SSSR count). The van der Waals surface area contributed by atoms with Crippen LogP contribution < -0.4 is 10.6 Å². The number of thioether (sulfide) groups is 1. The van der Waals surface area contributed by atoms with Crippen LogP contribution in [0.5, 0.6) is 0 Å². The van der Waals surface area contributed by atoms with E-state index in [1.807, 2.05) is 110 Å². The quantitative estimate of drug-likeness (QED) is 0.0519. The molecule has 0 fully saturated rings. The largest absolute Gasteiger partial charge is 0.461 e. The fraction of sp³-hybridized carbons (Fsp3) is 0.114. The summed E-state index contributed by atoms with van der Waals surface area (Å²) in [5, 5.41) is 25.4. The van der Waals surface area contributed by atoms with Crippen molar-refractivity contribution in [3.05, 3.63) is 149 Å². The topological polar surface area (TPSA) is 165 Å². The summed E-state index contributed by atoms with van der Waals surface area (Å²) in [4.78, 5) is 27.4. The Kier molecular flexibility index (Phi) is 11.9. The molecule has 0 bridgehead atoms. The van der Waals surface area contributed by atoms with Gasteiger partial charge in [-0.3, -0.25) is 10.2 Å². The fourth-order valence-electron chi connectivity index (χ4n) is 6.54. The molecule has 0 amide bonds. The number of hydrogen-bond acceptors (Lipinski definition) is 9. The number of benzene rings is 5. The molecule has 12 nitrogen and oxygen atoms in total. The summed E-state index contributed by atoms with van der Waals surface area (Å²) >= 11 is 14.4. The van der Waals surface area contributed by atoms with Crippen LogP contribution in [0.1, 0.15) is 28.9 Å². The Hall–Kier alpha value is -6.54. The molecule has 0 radical (unpaired) electrons. The van der Waals surface area contributed by atoms with Gasteiger partial charge in [0.25, 0.3) is 0 Å². The zero-order chi connectivity index (χ0) is 40.7. The molecule has 296 valence electrons. The van der Waals surface area contributed by atoms with Crippen molar-refractivity contribution < 1.29 is 9.53 Å². The van der Waals surface area contributed by atoms with Gasteiger partial charge in [0.05, 0.1) is 52.7 Å². The van der Waals surface area contributed by atoms with Crippen molar-refractivity contribution in [2.45, 2.75) is 25.0 Å². The predicted octanol–water partition coefficient (Wildman–Crippen LogP) is 11.0. The molecular formula is C44H38Cl2N10O2S. The normalized spacial score (nSPS) is 11.1. The molecule has 4 heterocycles. The molecule has 9 aromatic rings. The maximum absolute atomic E-state index is 12.1. The first kappa shape index (κ1) is 39.3. The predicted molar refractivity (Wildman–Crippen MR) is 238 cm³/mol. The number of ether oxygens (including phenoxy) is 1. The Balaban J connectivity index is 0.000000164. The number of nitrogens with zero attached hydrogens (tertiary/aromatic N) is 4. The summed E-state index contributed by atoms with van der Waals surface area (Å²) in [5.41, 5.74) is 8.16. The van der Waals surface area contributed by atoms with Crippen LogP contribution in [-0.4, -0.2) is 59.2 Å². The molecule has 0 atom stereocenters. The second-order valence-corrected chi connectivity index (χ2v) is 14.9. The Morgan fingerprint density at radius 2 is 1.24 bits per heavy atom. The number of anilines is 2. The molecule has 0 saturated heterocycles. The number of carbonyl (C=O) groups is 1. The third-order valence-electron chi connectivity index (χ3n) is 9.41. The van der Waals surface area contributed by atoms with Crippen molar-refractivity contribution in [3.8, 4) is 33.6 Å². The first-order valence-corrected chi connectivity index (χ1v) is 20.7. The van der Waals surface area contributed by atoms with E-state index in [1.54, 1.807) is 6.92 Å². The number of nitrogens with one attached hydrogen (secondary N) is 6. The smallest absolute Gasteiger partial charge is 0.357 e. The third kappa shape index (κ3) is 8.82. The SMILES string of the molecule is CCOC(=O)c1[nH]c(CNc2n[nH]c3cc(Cl)c(-c4ccccc4)cc23)nc1SC.Clc1cc2[nH]nc(NCc3cnc(-c4ccccc4)[nH]3)c2cc1-c1ccccc1. The summed E-state index contributed by atoms with van der Waals surface area (Å²) < 4.78 is 5.08. The monoisotopic (exact) mass is 840 g/mol. The third-order valence-corrected chi connectivity index (χ3v) is 10.7. The molecule has 4 aromatic heterocycles. The van der Waals surface area contributed by atoms with Gasteiger partial charge in [0.15, 0.2) is 17.3 Å². The Morgan fingerprint density at radius 1 is 0.712 bits per heavy atom. The average molecular weight is 842 g/mol. The summed E-state index contributed by atoms with van der Waals surface area (Å²) in [6, 6.07) is 38.0. The van der Waals surface area contributed by atoms with Crippen LogP contribution in [0.3, 0.4) is 0 Å². The van der Waals surface area contributed by atoms with Crippen LogP contribution in [0, 0.1) is 0 Å². The van der Waals surface area contributed by atoms with Gasteiger partial charge in [-0.1, -0.05) is 114 Å². The lowest BCUT2D eigenvalue weighted by Crippen LogP contribution is -2.07. The van der Waals surface area contributed by atoms with Crippen LogP contribution in [0.4, 0.5) is 11.6 Å². The van der Waals surface area contributed by atoms with Gasteiger partial charge in [-0.15, -0.1) is 11.8 Å². The zero-order valence-corrected chi connectivity index (χ0v) is 34.3. The van der Waals surface area contributed by atoms with Crippen molar-refractivity contribution in [3.63, 3.8) is 0 Å². The second kappa shape index (κ2) is 17.9. The van der Waals surface area contributed by atoms with Crippen LogP contribution in [0.2, 0.25) is 10.0 Å². The Labute approximate surface area is 353 Å². The molecular weight excluding hydrogens is 804 g/mol. The maximum Gasteiger partial charge on any atom is 0.357 e. The lowest BCUT2D eigenvalue weighted by atomic mass is 10.0. The van der Waals surface area contributed by atoms with E-state index in [2.05, 4.69) is 69.2 Å². The molecule has 0 unspecified atom stereocenters. The van der Waals surface area contributed by atoms with E-state index >= 15 is 0 Å². The summed E-state index contributed by atoms with van der Waals surface area (Å²) in [6.45, 7) is 3.04. The first-order valence-electron chi connectivity index (χ1n) is 18.7.